The van der Waals surface area contributed by atoms with Gasteiger partial charge in [-0.15, -0.1) is 0 Å². The van der Waals surface area contributed by atoms with Crippen LogP contribution in [0.25, 0.3) is 0 Å². The standard InChI is InChI=1S/C16H24N2O4S/c1-21-15-7-6-12(11-16(15)22-2)23(19,20)17-13-8-10-18-9-4-3-5-14(13)18/h6-7,11,13-14,17H,3-5,8-10H2,1-2H3/t13-,14-/m1/s1. The van der Waals surface area contributed by atoms with E-state index in [9.17, 15) is 8.42 Å². The van der Waals surface area contributed by atoms with E-state index in [1.165, 1.54) is 33.1 Å². The molecule has 0 aromatic heterocycles. The highest BCUT2D eigenvalue weighted by Gasteiger charge is 2.37. The number of ether oxygens (including phenoxy) is 2. The highest BCUT2D eigenvalue weighted by molar-refractivity contribution is 7.89. The fourth-order valence-corrected chi connectivity index (χ4v) is 4.95. The summed E-state index contributed by atoms with van der Waals surface area (Å²) in [5.74, 6) is 0.937. The maximum Gasteiger partial charge on any atom is 0.241 e. The predicted molar refractivity (Wildman–Crippen MR) is 87.5 cm³/mol. The highest BCUT2D eigenvalue weighted by Crippen LogP contribution is 2.31. The Balaban J connectivity index is 1.79. The Hall–Kier alpha value is -1.31. The molecule has 0 spiro atoms. The lowest BCUT2D eigenvalue weighted by atomic mass is 10.00. The SMILES string of the molecule is COc1ccc(S(=O)(=O)N[C@@H]2CCN3CCCC[C@H]23)cc1OC. The molecule has 1 N–H and O–H groups in total. The number of nitrogens with one attached hydrogen (secondary N) is 1. The van der Waals surface area contributed by atoms with Gasteiger partial charge in [0, 0.05) is 24.7 Å². The zero-order valence-electron chi connectivity index (χ0n) is 13.6. The largest absolute Gasteiger partial charge is 0.493 e. The number of rotatable bonds is 5. The molecule has 0 aliphatic carbocycles. The number of methoxy groups -OCH3 is 2. The van der Waals surface area contributed by atoms with Crippen LogP contribution in [0.15, 0.2) is 23.1 Å². The minimum Gasteiger partial charge on any atom is -0.493 e. The summed E-state index contributed by atoms with van der Waals surface area (Å²) < 4.78 is 38.7. The summed E-state index contributed by atoms with van der Waals surface area (Å²) in [4.78, 5) is 2.62. The van der Waals surface area contributed by atoms with E-state index in [4.69, 9.17) is 9.47 Å². The van der Waals surface area contributed by atoms with Crippen LogP contribution in [-0.4, -0.2) is 52.7 Å². The van der Waals surface area contributed by atoms with Crippen molar-refractivity contribution in [3.8, 4) is 11.5 Å². The quantitative estimate of drug-likeness (QED) is 0.882. The van der Waals surface area contributed by atoms with Crippen molar-refractivity contribution in [1.29, 1.82) is 0 Å². The van der Waals surface area contributed by atoms with Crippen LogP contribution in [0.1, 0.15) is 25.7 Å². The van der Waals surface area contributed by atoms with Gasteiger partial charge in [-0.25, -0.2) is 13.1 Å². The lowest BCUT2D eigenvalue weighted by molar-refractivity contribution is 0.186. The average molecular weight is 340 g/mol. The molecule has 7 heteroatoms. The van der Waals surface area contributed by atoms with Crippen molar-refractivity contribution in [3.63, 3.8) is 0 Å². The van der Waals surface area contributed by atoms with E-state index in [1.807, 2.05) is 0 Å². The van der Waals surface area contributed by atoms with Gasteiger partial charge in [0.1, 0.15) is 0 Å². The van der Waals surface area contributed by atoms with Crippen LogP contribution in [0, 0.1) is 0 Å². The Morgan fingerprint density at radius 2 is 1.87 bits per heavy atom. The van der Waals surface area contributed by atoms with Gasteiger partial charge in [0.25, 0.3) is 0 Å². The average Bonchev–Trinajstić information content (AvgIpc) is 2.96. The first-order chi connectivity index (χ1) is 11.0. The first-order valence-corrected chi connectivity index (χ1v) is 9.52. The third kappa shape index (κ3) is 3.32. The Morgan fingerprint density at radius 3 is 2.61 bits per heavy atom. The third-order valence-corrected chi connectivity index (χ3v) is 6.32. The molecule has 2 fully saturated rings. The third-order valence-electron chi connectivity index (χ3n) is 4.83. The van der Waals surface area contributed by atoms with E-state index in [-0.39, 0.29) is 10.9 Å². The number of benzene rings is 1. The Morgan fingerprint density at radius 1 is 1.09 bits per heavy atom. The van der Waals surface area contributed by atoms with Gasteiger partial charge in [-0.3, -0.25) is 4.90 Å². The molecule has 0 saturated carbocycles. The van der Waals surface area contributed by atoms with Gasteiger partial charge in [0.15, 0.2) is 11.5 Å². The molecular weight excluding hydrogens is 316 g/mol. The highest BCUT2D eigenvalue weighted by atomic mass is 32.2. The van der Waals surface area contributed by atoms with Crippen LogP contribution in [0.2, 0.25) is 0 Å². The van der Waals surface area contributed by atoms with E-state index >= 15 is 0 Å². The van der Waals surface area contributed by atoms with Crippen molar-refractivity contribution >= 4 is 10.0 Å². The molecule has 2 heterocycles. The summed E-state index contributed by atoms with van der Waals surface area (Å²) in [5, 5.41) is 0. The smallest absolute Gasteiger partial charge is 0.241 e. The molecule has 3 rings (SSSR count). The number of piperidine rings is 1. The minimum absolute atomic E-state index is 0.00611. The zero-order chi connectivity index (χ0) is 16.4. The van der Waals surface area contributed by atoms with E-state index in [0.29, 0.717) is 17.5 Å². The summed E-state index contributed by atoms with van der Waals surface area (Å²) >= 11 is 0. The van der Waals surface area contributed by atoms with Crippen LogP contribution in [0.5, 0.6) is 11.5 Å². The summed E-state index contributed by atoms with van der Waals surface area (Å²) in [7, 11) is -0.537. The van der Waals surface area contributed by atoms with Crippen molar-refractivity contribution in [2.75, 3.05) is 27.3 Å². The van der Waals surface area contributed by atoms with Gasteiger partial charge in [0.05, 0.1) is 19.1 Å². The molecule has 128 valence electrons. The summed E-state index contributed by atoms with van der Waals surface area (Å²) in [6.07, 6.45) is 4.33. The first kappa shape index (κ1) is 16.5. The molecule has 1 aromatic rings. The normalized spacial score (nSPS) is 25.1. The molecule has 0 bridgehead atoms. The van der Waals surface area contributed by atoms with Gasteiger partial charge >= 0.3 is 0 Å². The van der Waals surface area contributed by atoms with E-state index in [1.54, 1.807) is 12.1 Å². The molecule has 2 aliphatic rings. The fraction of sp³-hybridized carbons (Fsp3) is 0.625. The summed E-state index contributed by atoms with van der Waals surface area (Å²) in [6, 6.07) is 5.01. The summed E-state index contributed by atoms with van der Waals surface area (Å²) in [6.45, 7) is 2.06. The van der Waals surface area contributed by atoms with Crippen molar-refractivity contribution < 1.29 is 17.9 Å². The lowest BCUT2D eigenvalue weighted by Crippen LogP contribution is -2.46. The second-order valence-electron chi connectivity index (χ2n) is 6.13. The lowest BCUT2D eigenvalue weighted by Gasteiger charge is -2.32. The molecule has 2 saturated heterocycles. The molecule has 1 aromatic carbocycles. The Labute approximate surface area is 137 Å². The zero-order valence-corrected chi connectivity index (χ0v) is 14.4. The van der Waals surface area contributed by atoms with Gasteiger partial charge in [-0.05, 0) is 37.9 Å². The van der Waals surface area contributed by atoms with Crippen LogP contribution in [0.3, 0.4) is 0 Å². The van der Waals surface area contributed by atoms with Crippen molar-refractivity contribution in [1.82, 2.24) is 9.62 Å². The summed E-state index contributed by atoms with van der Waals surface area (Å²) in [5.41, 5.74) is 0. The molecule has 0 amide bonds. The van der Waals surface area contributed by atoms with Crippen molar-refractivity contribution in [3.05, 3.63) is 18.2 Å². The minimum atomic E-state index is -3.56. The van der Waals surface area contributed by atoms with Crippen LogP contribution in [-0.2, 0) is 10.0 Å². The van der Waals surface area contributed by atoms with Gasteiger partial charge < -0.3 is 9.47 Å². The van der Waals surface area contributed by atoms with Crippen LogP contribution >= 0.6 is 0 Å². The van der Waals surface area contributed by atoms with E-state index in [2.05, 4.69) is 9.62 Å². The maximum absolute atomic E-state index is 12.7. The van der Waals surface area contributed by atoms with Gasteiger partial charge in [-0.1, -0.05) is 6.42 Å². The molecule has 2 atom stereocenters. The number of hydrogen-bond acceptors (Lipinski definition) is 5. The topological polar surface area (TPSA) is 67.9 Å². The van der Waals surface area contributed by atoms with Gasteiger partial charge in [-0.2, -0.15) is 0 Å². The maximum atomic E-state index is 12.7. The first-order valence-electron chi connectivity index (χ1n) is 8.03. The van der Waals surface area contributed by atoms with Crippen LogP contribution in [0.4, 0.5) is 0 Å². The second kappa shape index (κ2) is 6.67. The van der Waals surface area contributed by atoms with Crippen LogP contribution < -0.4 is 14.2 Å². The monoisotopic (exact) mass is 340 g/mol. The van der Waals surface area contributed by atoms with E-state index < -0.39 is 10.0 Å². The molecule has 0 radical (unpaired) electrons. The fourth-order valence-electron chi connectivity index (χ4n) is 3.64. The number of sulfonamides is 1. The molecular formula is C16H24N2O4S. The predicted octanol–water partition coefficient (Wildman–Crippen LogP) is 1.61. The van der Waals surface area contributed by atoms with Crippen molar-refractivity contribution in [2.45, 2.75) is 42.7 Å². The number of hydrogen-bond donors (Lipinski definition) is 1. The molecule has 2 aliphatic heterocycles. The van der Waals surface area contributed by atoms with Crippen molar-refractivity contribution in [2.24, 2.45) is 0 Å². The molecule has 23 heavy (non-hydrogen) atoms. The molecule has 0 unspecified atom stereocenters. The van der Waals surface area contributed by atoms with Gasteiger partial charge in [0.2, 0.25) is 10.0 Å². The van der Waals surface area contributed by atoms with E-state index in [0.717, 1.165) is 25.9 Å². The number of fused-ring (bicyclic) bond motifs is 1. The Bertz CT molecular complexity index is 662. The number of nitrogens with zero attached hydrogens (tertiary/aromatic N) is 1. The Kier molecular flexibility index (Phi) is 4.79. The second-order valence-corrected chi connectivity index (χ2v) is 7.85. The molecule has 6 nitrogen and oxygen atoms in total.